The molecule has 0 radical (unpaired) electrons. The third-order valence-electron chi connectivity index (χ3n) is 2.09. The third-order valence-corrected chi connectivity index (χ3v) is 2.09. The second-order valence-corrected chi connectivity index (χ2v) is 3.39. The Balaban J connectivity index is 2.34. The number of nitrogens with zero attached hydrogens (tertiary/aromatic N) is 2. The van der Waals surface area contributed by atoms with Crippen LogP contribution in [-0.2, 0) is 13.1 Å². The maximum atomic E-state index is 5.22. The molecule has 14 heavy (non-hydrogen) atoms. The van der Waals surface area contributed by atoms with Crippen LogP contribution in [0.5, 0.6) is 0 Å². The molecule has 1 N–H and O–H groups in total. The van der Waals surface area contributed by atoms with Crippen LogP contribution in [0.1, 0.15) is 25.8 Å². The van der Waals surface area contributed by atoms with Gasteiger partial charge >= 0.3 is 0 Å². The van der Waals surface area contributed by atoms with Crippen molar-refractivity contribution in [2.45, 2.75) is 39.4 Å². The van der Waals surface area contributed by atoms with Crippen LogP contribution in [0.15, 0.2) is 12.4 Å². The molecule has 3 nitrogen and oxygen atoms in total. The van der Waals surface area contributed by atoms with E-state index in [2.05, 4.69) is 36.4 Å². The number of hydrogen-bond donors (Lipinski definition) is 1. The first kappa shape index (κ1) is 10.8. The van der Waals surface area contributed by atoms with Gasteiger partial charge in [-0.2, -0.15) is 5.10 Å². The first-order valence-electron chi connectivity index (χ1n) is 4.94. The van der Waals surface area contributed by atoms with E-state index < -0.39 is 0 Å². The molecule has 0 aliphatic rings. The Morgan fingerprint density at radius 2 is 2.50 bits per heavy atom. The molecular weight excluding hydrogens is 174 g/mol. The Labute approximate surface area is 85.5 Å². The average Bonchev–Trinajstić information content (AvgIpc) is 2.63. The van der Waals surface area contributed by atoms with Gasteiger partial charge in [-0.15, -0.1) is 12.3 Å². The highest BCUT2D eigenvalue weighted by atomic mass is 15.3. The Morgan fingerprint density at radius 1 is 1.71 bits per heavy atom. The van der Waals surface area contributed by atoms with E-state index in [0.29, 0.717) is 6.04 Å². The fraction of sp³-hybridized carbons (Fsp3) is 0.545. The molecule has 1 unspecified atom stereocenters. The van der Waals surface area contributed by atoms with Gasteiger partial charge in [-0.05, 0) is 13.8 Å². The van der Waals surface area contributed by atoms with E-state index in [1.165, 1.54) is 5.56 Å². The van der Waals surface area contributed by atoms with Crippen LogP contribution in [0.4, 0.5) is 0 Å². The quantitative estimate of drug-likeness (QED) is 0.713. The molecule has 1 aromatic rings. The summed E-state index contributed by atoms with van der Waals surface area (Å²) in [5.41, 5.74) is 1.20. The highest BCUT2D eigenvalue weighted by molar-refractivity contribution is 5.03. The molecule has 1 heterocycles. The van der Waals surface area contributed by atoms with Crippen molar-refractivity contribution in [3.63, 3.8) is 0 Å². The molecule has 3 heteroatoms. The fourth-order valence-corrected chi connectivity index (χ4v) is 1.21. The van der Waals surface area contributed by atoms with Crippen molar-refractivity contribution in [2.24, 2.45) is 0 Å². The smallest absolute Gasteiger partial charge is 0.0534 e. The summed E-state index contributed by atoms with van der Waals surface area (Å²) in [6, 6.07) is 0.366. The molecule has 1 rings (SSSR count). The highest BCUT2D eigenvalue weighted by Crippen LogP contribution is 1.98. The van der Waals surface area contributed by atoms with Crippen molar-refractivity contribution in [1.82, 2.24) is 15.1 Å². The third kappa shape index (κ3) is 3.23. The van der Waals surface area contributed by atoms with Crippen LogP contribution in [0.2, 0.25) is 0 Å². The minimum atomic E-state index is 0.366. The standard InChI is InChI=1S/C11H17N3/c1-4-6-10(3)12-7-11-8-13-14(5-2)9-11/h1,8-10,12H,5-7H2,2-3H3. The number of nitrogens with one attached hydrogen (secondary N) is 1. The van der Waals surface area contributed by atoms with E-state index in [4.69, 9.17) is 6.42 Å². The van der Waals surface area contributed by atoms with Crippen molar-refractivity contribution in [3.05, 3.63) is 18.0 Å². The van der Waals surface area contributed by atoms with Crippen LogP contribution in [0.25, 0.3) is 0 Å². The zero-order valence-electron chi connectivity index (χ0n) is 8.83. The topological polar surface area (TPSA) is 29.9 Å². The van der Waals surface area contributed by atoms with E-state index in [1.54, 1.807) is 0 Å². The van der Waals surface area contributed by atoms with Crippen LogP contribution in [-0.4, -0.2) is 15.8 Å². The first-order chi connectivity index (χ1) is 6.76. The lowest BCUT2D eigenvalue weighted by molar-refractivity contribution is 0.559. The minimum Gasteiger partial charge on any atom is -0.309 e. The van der Waals surface area contributed by atoms with Gasteiger partial charge in [-0.1, -0.05) is 0 Å². The number of terminal acetylenes is 1. The first-order valence-corrected chi connectivity index (χ1v) is 4.94. The second kappa shape index (κ2) is 5.46. The van der Waals surface area contributed by atoms with Crippen molar-refractivity contribution in [1.29, 1.82) is 0 Å². The van der Waals surface area contributed by atoms with Gasteiger partial charge in [-0.3, -0.25) is 4.68 Å². The fourth-order valence-electron chi connectivity index (χ4n) is 1.21. The predicted molar refractivity (Wildman–Crippen MR) is 57.7 cm³/mol. The molecule has 1 aromatic heterocycles. The molecule has 0 amide bonds. The lowest BCUT2D eigenvalue weighted by Gasteiger charge is -2.08. The summed E-state index contributed by atoms with van der Waals surface area (Å²) in [6.45, 7) is 5.91. The van der Waals surface area contributed by atoms with E-state index in [1.807, 2.05) is 10.9 Å². The summed E-state index contributed by atoms with van der Waals surface area (Å²) in [4.78, 5) is 0. The number of aryl methyl sites for hydroxylation is 1. The lowest BCUT2D eigenvalue weighted by atomic mass is 10.2. The van der Waals surface area contributed by atoms with Gasteiger partial charge in [0.2, 0.25) is 0 Å². The summed E-state index contributed by atoms with van der Waals surface area (Å²) < 4.78 is 1.92. The Hall–Kier alpha value is -1.27. The molecule has 76 valence electrons. The van der Waals surface area contributed by atoms with E-state index in [-0.39, 0.29) is 0 Å². The minimum absolute atomic E-state index is 0.366. The van der Waals surface area contributed by atoms with Gasteiger partial charge in [0, 0.05) is 37.3 Å². The van der Waals surface area contributed by atoms with Crippen LogP contribution in [0.3, 0.4) is 0 Å². The van der Waals surface area contributed by atoms with E-state index in [0.717, 1.165) is 19.5 Å². The van der Waals surface area contributed by atoms with E-state index in [9.17, 15) is 0 Å². The van der Waals surface area contributed by atoms with Gasteiger partial charge in [0.15, 0.2) is 0 Å². The number of rotatable bonds is 5. The monoisotopic (exact) mass is 191 g/mol. The Morgan fingerprint density at radius 3 is 3.07 bits per heavy atom. The normalized spacial score (nSPS) is 12.4. The molecule has 0 saturated carbocycles. The van der Waals surface area contributed by atoms with Gasteiger partial charge < -0.3 is 5.32 Å². The summed E-state index contributed by atoms with van der Waals surface area (Å²) in [7, 11) is 0. The Kier molecular flexibility index (Phi) is 4.21. The SMILES string of the molecule is C#CCC(C)NCc1cnn(CC)c1. The molecule has 0 bridgehead atoms. The largest absolute Gasteiger partial charge is 0.309 e. The number of aromatic nitrogens is 2. The van der Waals surface area contributed by atoms with Gasteiger partial charge in [-0.25, -0.2) is 0 Å². The zero-order valence-corrected chi connectivity index (χ0v) is 8.83. The lowest BCUT2D eigenvalue weighted by Crippen LogP contribution is -2.24. The summed E-state index contributed by atoms with van der Waals surface area (Å²) in [6.07, 6.45) is 9.92. The van der Waals surface area contributed by atoms with Crippen molar-refractivity contribution >= 4 is 0 Å². The van der Waals surface area contributed by atoms with Crippen molar-refractivity contribution in [2.75, 3.05) is 0 Å². The molecular formula is C11H17N3. The summed E-state index contributed by atoms with van der Waals surface area (Å²) >= 11 is 0. The summed E-state index contributed by atoms with van der Waals surface area (Å²) in [5, 5.41) is 7.54. The summed E-state index contributed by atoms with van der Waals surface area (Å²) in [5.74, 6) is 2.64. The average molecular weight is 191 g/mol. The second-order valence-electron chi connectivity index (χ2n) is 3.39. The maximum absolute atomic E-state index is 5.22. The highest BCUT2D eigenvalue weighted by Gasteiger charge is 2.00. The van der Waals surface area contributed by atoms with Crippen LogP contribution in [0, 0.1) is 12.3 Å². The van der Waals surface area contributed by atoms with Crippen molar-refractivity contribution < 1.29 is 0 Å². The Bertz CT molecular complexity index is 309. The van der Waals surface area contributed by atoms with Gasteiger partial charge in [0.05, 0.1) is 6.20 Å². The molecule has 0 spiro atoms. The molecule has 0 saturated heterocycles. The maximum Gasteiger partial charge on any atom is 0.0534 e. The molecule has 0 fully saturated rings. The van der Waals surface area contributed by atoms with Crippen LogP contribution < -0.4 is 5.32 Å². The number of hydrogen-bond acceptors (Lipinski definition) is 2. The molecule has 0 aliphatic carbocycles. The predicted octanol–water partition coefficient (Wildman–Crippen LogP) is 1.40. The molecule has 0 aliphatic heterocycles. The van der Waals surface area contributed by atoms with E-state index >= 15 is 0 Å². The van der Waals surface area contributed by atoms with Gasteiger partial charge in [0.25, 0.3) is 0 Å². The molecule has 0 aromatic carbocycles. The van der Waals surface area contributed by atoms with Gasteiger partial charge in [0.1, 0.15) is 0 Å². The zero-order chi connectivity index (χ0) is 10.4. The van der Waals surface area contributed by atoms with Crippen LogP contribution >= 0.6 is 0 Å². The molecule has 1 atom stereocenters. The van der Waals surface area contributed by atoms with Crippen molar-refractivity contribution in [3.8, 4) is 12.3 Å².